The molecule has 1 saturated heterocycles. The smallest absolute Gasteiger partial charge is 0.323 e. The summed E-state index contributed by atoms with van der Waals surface area (Å²) in [6.07, 6.45) is 0. The molecular formula is C18H20N2O3. The molecular weight excluding hydrogens is 292 g/mol. The van der Waals surface area contributed by atoms with E-state index in [-0.39, 0.29) is 5.91 Å². The van der Waals surface area contributed by atoms with Crippen LogP contribution in [-0.4, -0.2) is 28.0 Å². The van der Waals surface area contributed by atoms with Gasteiger partial charge in [0.1, 0.15) is 12.1 Å². The highest BCUT2D eigenvalue weighted by Crippen LogP contribution is 2.37. The van der Waals surface area contributed by atoms with Crippen LogP contribution in [0.25, 0.3) is 10.8 Å². The average Bonchev–Trinajstić information content (AvgIpc) is 2.45. The third-order valence-corrected chi connectivity index (χ3v) is 4.22. The summed E-state index contributed by atoms with van der Waals surface area (Å²) in [5, 5.41) is 13.2. The lowest BCUT2D eigenvalue weighted by Crippen LogP contribution is -2.68. The molecule has 5 heteroatoms. The zero-order chi connectivity index (χ0) is 16.8. The Kier molecular flexibility index (Phi) is 3.60. The summed E-state index contributed by atoms with van der Waals surface area (Å²) in [5.74, 6) is -1.11. The average molecular weight is 312 g/mol. The zero-order valence-corrected chi connectivity index (χ0v) is 13.4. The maximum absolute atomic E-state index is 12.2. The molecule has 2 N–H and O–H groups in total. The Labute approximate surface area is 134 Å². The number of carbonyl (C=O) groups is 2. The molecule has 1 amide bonds. The van der Waals surface area contributed by atoms with Crippen LogP contribution in [0.5, 0.6) is 0 Å². The lowest BCUT2D eigenvalue weighted by atomic mass is 9.83. The Morgan fingerprint density at radius 3 is 2.43 bits per heavy atom. The summed E-state index contributed by atoms with van der Waals surface area (Å²) < 4.78 is 0. The summed E-state index contributed by atoms with van der Waals surface area (Å²) in [6.45, 7) is 5.57. The van der Waals surface area contributed by atoms with Gasteiger partial charge in [-0.1, -0.05) is 63.2 Å². The normalized spacial score (nSPS) is 20.0. The highest BCUT2D eigenvalue weighted by Gasteiger charge is 2.50. The minimum absolute atomic E-state index is 0.170. The fraction of sp³-hybridized carbons (Fsp3) is 0.333. The number of rotatable bonds is 3. The summed E-state index contributed by atoms with van der Waals surface area (Å²) in [7, 11) is 0. The van der Waals surface area contributed by atoms with Gasteiger partial charge in [0, 0.05) is 0 Å². The molecule has 0 radical (unpaired) electrons. The van der Waals surface area contributed by atoms with Gasteiger partial charge in [0.25, 0.3) is 5.91 Å². The maximum atomic E-state index is 12.2. The Morgan fingerprint density at radius 1 is 1.17 bits per heavy atom. The number of carbonyl (C=O) groups excluding carboxylic acids is 1. The number of hydrogen-bond acceptors (Lipinski definition) is 3. The van der Waals surface area contributed by atoms with E-state index in [4.69, 9.17) is 0 Å². The van der Waals surface area contributed by atoms with Crippen LogP contribution in [0.2, 0.25) is 0 Å². The summed E-state index contributed by atoms with van der Waals surface area (Å²) in [4.78, 5) is 23.9. The van der Waals surface area contributed by atoms with Crippen molar-refractivity contribution >= 4 is 22.6 Å². The van der Waals surface area contributed by atoms with Crippen molar-refractivity contribution in [3.63, 3.8) is 0 Å². The first kappa shape index (κ1) is 15.5. The minimum Gasteiger partial charge on any atom is -0.480 e. The Bertz CT molecular complexity index is 774. The van der Waals surface area contributed by atoms with Gasteiger partial charge in [0.05, 0.1) is 0 Å². The van der Waals surface area contributed by atoms with Crippen LogP contribution in [0, 0.1) is 5.41 Å². The maximum Gasteiger partial charge on any atom is 0.323 e. The van der Waals surface area contributed by atoms with Gasteiger partial charge in [-0.2, -0.15) is 5.01 Å². The minimum atomic E-state index is -0.942. The Hall–Kier alpha value is -2.40. The first-order valence-corrected chi connectivity index (χ1v) is 7.60. The zero-order valence-electron chi connectivity index (χ0n) is 13.4. The number of nitrogens with zero attached hydrogens (tertiary/aromatic N) is 1. The Balaban J connectivity index is 2.07. The predicted molar refractivity (Wildman–Crippen MR) is 87.5 cm³/mol. The second-order valence-electron chi connectivity index (χ2n) is 6.96. The number of aliphatic carboxylic acids is 1. The summed E-state index contributed by atoms with van der Waals surface area (Å²) in [6, 6.07) is 12.2. The molecule has 2 aromatic rings. The second-order valence-corrected chi connectivity index (χ2v) is 6.96. The lowest BCUT2D eigenvalue weighted by Gasteiger charge is -2.47. The van der Waals surface area contributed by atoms with Gasteiger partial charge in [-0.15, -0.1) is 0 Å². The number of benzene rings is 2. The molecule has 3 rings (SSSR count). The molecule has 1 heterocycles. The van der Waals surface area contributed by atoms with Crippen LogP contribution in [0.4, 0.5) is 0 Å². The largest absolute Gasteiger partial charge is 0.480 e. The molecule has 2 aromatic carbocycles. The first-order valence-electron chi connectivity index (χ1n) is 7.60. The standard InChI is InChI=1S/C18H20N2O3/c1-18(2,3)15(17(22)23)20-14(16(21)19-20)13-10-6-8-11-7-4-5-9-12(11)13/h4-10,14-15H,1-3H3,(H,19,21)(H,22,23)/t14?,15-/m1/s1. The quantitative estimate of drug-likeness (QED) is 0.914. The molecule has 0 aromatic heterocycles. The molecule has 1 fully saturated rings. The van der Waals surface area contributed by atoms with Gasteiger partial charge in [-0.3, -0.25) is 15.0 Å². The highest BCUT2D eigenvalue weighted by atomic mass is 16.4. The number of carboxylic acids is 1. The number of hydrazine groups is 1. The third-order valence-electron chi connectivity index (χ3n) is 4.22. The molecule has 23 heavy (non-hydrogen) atoms. The van der Waals surface area contributed by atoms with E-state index < -0.39 is 23.5 Å². The molecule has 0 saturated carbocycles. The van der Waals surface area contributed by atoms with Crippen LogP contribution in [0.1, 0.15) is 32.4 Å². The van der Waals surface area contributed by atoms with Crippen LogP contribution < -0.4 is 5.43 Å². The van der Waals surface area contributed by atoms with Crippen LogP contribution in [0.3, 0.4) is 0 Å². The van der Waals surface area contributed by atoms with Crippen molar-refractivity contribution in [2.75, 3.05) is 0 Å². The number of fused-ring (bicyclic) bond motifs is 1. The highest BCUT2D eigenvalue weighted by molar-refractivity contribution is 5.96. The van der Waals surface area contributed by atoms with E-state index in [0.717, 1.165) is 16.3 Å². The number of carboxylic acid groups (broad SMARTS) is 1. The Morgan fingerprint density at radius 2 is 1.83 bits per heavy atom. The molecule has 120 valence electrons. The molecule has 1 aliphatic rings. The molecule has 0 aliphatic carbocycles. The van der Waals surface area contributed by atoms with E-state index in [1.165, 1.54) is 0 Å². The number of nitrogens with one attached hydrogen (secondary N) is 1. The van der Waals surface area contributed by atoms with Gasteiger partial charge >= 0.3 is 5.97 Å². The van der Waals surface area contributed by atoms with Crippen molar-refractivity contribution in [3.05, 3.63) is 48.0 Å². The van der Waals surface area contributed by atoms with E-state index in [2.05, 4.69) is 5.43 Å². The molecule has 5 nitrogen and oxygen atoms in total. The number of amides is 1. The lowest BCUT2D eigenvalue weighted by molar-refractivity contribution is -0.170. The molecule has 0 bridgehead atoms. The van der Waals surface area contributed by atoms with Crippen molar-refractivity contribution in [1.82, 2.24) is 10.4 Å². The topological polar surface area (TPSA) is 69.6 Å². The van der Waals surface area contributed by atoms with E-state index in [1.807, 2.05) is 63.2 Å². The van der Waals surface area contributed by atoms with Crippen molar-refractivity contribution in [2.24, 2.45) is 5.41 Å². The van der Waals surface area contributed by atoms with E-state index >= 15 is 0 Å². The fourth-order valence-corrected chi connectivity index (χ4v) is 3.21. The van der Waals surface area contributed by atoms with E-state index in [0.29, 0.717) is 0 Å². The van der Waals surface area contributed by atoms with Gasteiger partial charge in [-0.25, -0.2) is 0 Å². The van der Waals surface area contributed by atoms with Crippen molar-refractivity contribution in [3.8, 4) is 0 Å². The van der Waals surface area contributed by atoms with Gasteiger partial charge < -0.3 is 5.11 Å². The van der Waals surface area contributed by atoms with Crippen LogP contribution in [-0.2, 0) is 9.59 Å². The van der Waals surface area contributed by atoms with E-state index in [9.17, 15) is 14.7 Å². The first-order chi connectivity index (χ1) is 10.8. The molecule has 2 atom stereocenters. The SMILES string of the molecule is CC(C)(C)[C@@H](C(=O)O)N1NC(=O)C1c1cccc2ccccc12. The summed E-state index contributed by atoms with van der Waals surface area (Å²) >= 11 is 0. The third kappa shape index (κ3) is 2.57. The van der Waals surface area contributed by atoms with Crippen molar-refractivity contribution in [2.45, 2.75) is 32.9 Å². The van der Waals surface area contributed by atoms with Crippen molar-refractivity contribution < 1.29 is 14.7 Å². The molecule has 1 aliphatic heterocycles. The molecule has 1 unspecified atom stereocenters. The predicted octanol–water partition coefficient (Wildman–Crippen LogP) is 2.73. The van der Waals surface area contributed by atoms with E-state index in [1.54, 1.807) is 5.01 Å². The van der Waals surface area contributed by atoms with Gasteiger partial charge in [0.15, 0.2) is 0 Å². The van der Waals surface area contributed by atoms with Gasteiger partial charge in [0.2, 0.25) is 0 Å². The van der Waals surface area contributed by atoms with Crippen LogP contribution >= 0.6 is 0 Å². The van der Waals surface area contributed by atoms with Gasteiger partial charge in [-0.05, 0) is 21.8 Å². The monoisotopic (exact) mass is 312 g/mol. The molecule has 0 spiro atoms. The summed E-state index contributed by atoms with van der Waals surface area (Å²) in [5.41, 5.74) is 2.98. The fourth-order valence-electron chi connectivity index (χ4n) is 3.21. The van der Waals surface area contributed by atoms with Crippen molar-refractivity contribution in [1.29, 1.82) is 0 Å². The number of hydrogen-bond donors (Lipinski definition) is 2. The van der Waals surface area contributed by atoms with Crippen LogP contribution in [0.15, 0.2) is 42.5 Å². The second kappa shape index (κ2) is 5.35.